The summed E-state index contributed by atoms with van der Waals surface area (Å²) < 4.78 is 24.8. The van der Waals surface area contributed by atoms with Gasteiger partial charge in [0.1, 0.15) is 17.3 Å². The minimum Gasteiger partial charge on any atom is -0.423 e. The number of benzene rings is 2. The highest BCUT2D eigenvalue weighted by atomic mass is 19.1. The van der Waals surface area contributed by atoms with Gasteiger partial charge in [0.15, 0.2) is 0 Å². The molecule has 0 fully saturated rings. The monoisotopic (exact) mass is 380 g/mol. The molecule has 0 atom stereocenters. The maximum Gasteiger partial charge on any atom is 0.338 e. The largest absolute Gasteiger partial charge is 0.423 e. The Hall–Kier alpha value is -3.21. The number of halogens is 1. The number of ether oxygens (including phenoxy) is 2. The smallest absolute Gasteiger partial charge is 0.338 e. The predicted octanol–water partition coefficient (Wildman–Crippen LogP) is 4.94. The zero-order valence-corrected chi connectivity index (χ0v) is 15.9. The van der Waals surface area contributed by atoms with E-state index in [-0.39, 0.29) is 11.3 Å². The lowest BCUT2D eigenvalue weighted by Gasteiger charge is -2.14. The summed E-state index contributed by atoms with van der Waals surface area (Å²) in [4.78, 5) is 23.6. The molecule has 5 heteroatoms. The zero-order chi connectivity index (χ0) is 20.4. The lowest BCUT2D eigenvalue weighted by atomic mass is 9.96. The first-order valence-corrected chi connectivity index (χ1v) is 8.97. The number of fused-ring (bicyclic) bond motifs is 1. The normalized spacial score (nSPS) is 12.2. The van der Waals surface area contributed by atoms with Crippen LogP contribution in [0, 0.1) is 5.82 Å². The molecule has 4 nitrogen and oxygen atoms in total. The molecule has 28 heavy (non-hydrogen) atoms. The van der Waals surface area contributed by atoms with Gasteiger partial charge in [-0.15, -0.1) is 0 Å². The van der Waals surface area contributed by atoms with Gasteiger partial charge >= 0.3 is 11.9 Å². The van der Waals surface area contributed by atoms with Gasteiger partial charge in [0.25, 0.3) is 0 Å². The fourth-order valence-corrected chi connectivity index (χ4v) is 3.20. The van der Waals surface area contributed by atoms with E-state index < -0.39 is 17.8 Å². The van der Waals surface area contributed by atoms with Gasteiger partial charge in [0.2, 0.25) is 0 Å². The predicted molar refractivity (Wildman–Crippen MR) is 105 cm³/mol. The third-order valence-electron chi connectivity index (χ3n) is 4.53. The van der Waals surface area contributed by atoms with Crippen molar-refractivity contribution < 1.29 is 23.5 Å². The molecule has 0 bridgehead atoms. The van der Waals surface area contributed by atoms with Crippen molar-refractivity contribution in [1.82, 2.24) is 0 Å². The molecule has 1 aliphatic rings. The average Bonchev–Trinajstić information content (AvgIpc) is 3.11. The van der Waals surface area contributed by atoms with Gasteiger partial charge in [-0.05, 0) is 73.6 Å². The summed E-state index contributed by atoms with van der Waals surface area (Å²) in [5.74, 6) is -0.959. The highest BCUT2D eigenvalue weighted by Gasteiger charge is 2.22. The summed E-state index contributed by atoms with van der Waals surface area (Å²) in [6.07, 6.45) is 2.48. The van der Waals surface area contributed by atoms with E-state index in [1.54, 1.807) is 25.1 Å². The highest BCUT2D eigenvalue weighted by Crippen LogP contribution is 2.39. The summed E-state index contributed by atoms with van der Waals surface area (Å²) in [6.45, 7) is 10.3. The fraction of sp³-hybridized carbons (Fsp3) is 0.217. The Morgan fingerprint density at radius 1 is 0.929 bits per heavy atom. The van der Waals surface area contributed by atoms with Crippen LogP contribution in [0.3, 0.4) is 0 Å². The van der Waals surface area contributed by atoms with Crippen molar-refractivity contribution in [2.75, 3.05) is 0 Å². The summed E-state index contributed by atoms with van der Waals surface area (Å²) >= 11 is 0. The first-order valence-electron chi connectivity index (χ1n) is 8.97. The van der Waals surface area contributed by atoms with Crippen LogP contribution in [0.5, 0.6) is 11.5 Å². The number of hydrogen-bond acceptors (Lipinski definition) is 4. The van der Waals surface area contributed by atoms with E-state index in [0.29, 0.717) is 16.9 Å². The number of esters is 2. The Balaban J connectivity index is 2.01. The van der Waals surface area contributed by atoms with Crippen molar-refractivity contribution in [2.24, 2.45) is 0 Å². The van der Waals surface area contributed by atoms with Crippen LogP contribution in [-0.2, 0) is 22.4 Å². The molecule has 0 aliphatic heterocycles. The van der Waals surface area contributed by atoms with Gasteiger partial charge in [0.05, 0.1) is 0 Å². The molecule has 0 saturated heterocycles. The Morgan fingerprint density at radius 2 is 1.57 bits per heavy atom. The van der Waals surface area contributed by atoms with Gasteiger partial charge in [-0.25, -0.2) is 14.0 Å². The van der Waals surface area contributed by atoms with Gasteiger partial charge in [-0.3, -0.25) is 0 Å². The van der Waals surface area contributed by atoms with E-state index in [1.807, 2.05) is 0 Å². The number of hydrogen-bond donors (Lipinski definition) is 0. The van der Waals surface area contributed by atoms with Gasteiger partial charge in [0, 0.05) is 17.2 Å². The molecule has 0 spiro atoms. The Morgan fingerprint density at radius 3 is 2.25 bits per heavy atom. The maximum absolute atomic E-state index is 14.2. The van der Waals surface area contributed by atoms with Crippen molar-refractivity contribution in [2.45, 2.75) is 33.1 Å². The molecule has 3 rings (SSSR count). The van der Waals surface area contributed by atoms with Crippen molar-refractivity contribution in [3.8, 4) is 22.6 Å². The van der Waals surface area contributed by atoms with Crippen LogP contribution in [0.2, 0.25) is 0 Å². The lowest BCUT2D eigenvalue weighted by molar-refractivity contribution is -0.131. The average molecular weight is 380 g/mol. The second-order valence-electron chi connectivity index (χ2n) is 6.94. The zero-order valence-electron chi connectivity index (χ0n) is 15.9. The van der Waals surface area contributed by atoms with E-state index in [2.05, 4.69) is 13.2 Å². The summed E-state index contributed by atoms with van der Waals surface area (Å²) in [7, 11) is 0. The molecule has 144 valence electrons. The number of rotatable bonds is 5. The molecule has 1 aliphatic carbocycles. The minimum absolute atomic E-state index is 0.118. The molecule has 0 unspecified atom stereocenters. The van der Waals surface area contributed by atoms with Crippen molar-refractivity contribution in [3.63, 3.8) is 0 Å². The van der Waals surface area contributed by atoms with Crippen LogP contribution >= 0.6 is 0 Å². The van der Waals surface area contributed by atoms with Crippen LogP contribution < -0.4 is 9.47 Å². The standard InChI is InChI=1S/C23H21FO4/c1-13(2)22(25)27-17-11-15(10-16(24)12-17)18-8-9-21(28-23(26)14(3)4)20-7-5-6-19(18)20/h8-12H,1,3,5-7H2,2,4H3. The van der Waals surface area contributed by atoms with Crippen LogP contribution in [0.25, 0.3) is 11.1 Å². The van der Waals surface area contributed by atoms with E-state index in [1.165, 1.54) is 13.0 Å². The number of carbonyl (C=O) groups is 2. The van der Waals surface area contributed by atoms with Crippen molar-refractivity contribution in [3.05, 3.63) is 71.6 Å². The summed E-state index contributed by atoms with van der Waals surface area (Å²) in [5, 5.41) is 0. The fourth-order valence-electron chi connectivity index (χ4n) is 3.20. The van der Waals surface area contributed by atoms with Crippen LogP contribution in [0.15, 0.2) is 54.6 Å². The summed E-state index contributed by atoms with van der Waals surface area (Å²) in [6, 6.07) is 7.69. The first kappa shape index (κ1) is 19.5. The molecule has 2 aromatic carbocycles. The highest BCUT2D eigenvalue weighted by molar-refractivity contribution is 5.90. The second-order valence-corrected chi connectivity index (χ2v) is 6.94. The third kappa shape index (κ3) is 4.03. The minimum atomic E-state index is -0.608. The maximum atomic E-state index is 14.2. The van der Waals surface area contributed by atoms with Crippen molar-refractivity contribution >= 4 is 11.9 Å². The van der Waals surface area contributed by atoms with Gasteiger partial charge in [-0.2, -0.15) is 0 Å². The molecule has 0 aromatic heterocycles. The van der Waals surface area contributed by atoms with Gasteiger partial charge in [-0.1, -0.05) is 19.2 Å². The van der Waals surface area contributed by atoms with Crippen LogP contribution in [0.1, 0.15) is 31.4 Å². The van der Waals surface area contributed by atoms with E-state index >= 15 is 0 Å². The molecule has 0 amide bonds. The molecular weight excluding hydrogens is 359 g/mol. The molecule has 2 aromatic rings. The van der Waals surface area contributed by atoms with Crippen LogP contribution in [-0.4, -0.2) is 11.9 Å². The quantitative estimate of drug-likeness (QED) is 0.419. The van der Waals surface area contributed by atoms with E-state index in [0.717, 1.165) is 42.0 Å². The topological polar surface area (TPSA) is 52.6 Å². The Kier molecular flexibility index (Phi) is 5.45. The lowest BCUT2D eigenvalue weighted by Crippen LogP contribution is -2.10. The molecule has 0 heterocycles. The summed E-state index contributed by atoms with van der Waals surface area (Å²) in [5.41, 5.74) is 3.93. The Bertz CT molecular complexity index is 1000. The van der Waals surface area contributed by atoms with E-state index in [4.69, 9.17) is 9.47 Å². The number of carbonyl (C=O) groups excluding carboxylic acids is 2. The molecular formula is C23H21FO4. The Labute approximate surface area is 163 Å². The van der Waals surface area contributed by atoms with E-state index in [9.17, 15) is 14.0 Å². The molecule has 0 saturated carbocycles. The molecule has 0 N–H and O–H groups in total. The third-order valence-corrected chi connectivity index (χ3v) is 4.53. The van der Waals surface area contributed by atoms with Crippen LogP contribution in [0.4, 0.5) is 4.39 Å². The second kappa shape index (κ2) is 7.80. The first-order chi connectivity index (χ1) is 13.3. The van der Waals surface area contributed by atoms with Gasteiger partial charge < -0.3 is 9.47 Å². The van der Waals surface area contributed by atoms with Crippen molar-refractivity contribution in [1.29, 1.82) is 0 Å². The SMILES string of the molecule is C=C(C)C(=O)Oc1cc(F)cc(-c2ccc(OC(=O)C(=C)C)c3c2CCC3)c1. The molecule has 0 radical (unpaired) electrons.